The first-order valence-corrected chi connectivity index (χ1v) is 8.73. The van der Waals surface area contributed by atoms with Gasteiger partial charge in [-0.15, -0.1) is 16.8 Å². The molecule has 1 amide bonds. The van der Waals surface area contributed by atoms with Crippen molar-refractivity contribution in [3.05, 3.63) is 55.1 Å². The Morgan fingerprint density at radius 3 is 2.92 bits per heavy atom. The van der Waals surface area contributed by atoms with E-state index in [9.17, 15) is 4.79 Å². The lowest BCUT2D eigenvalue weighted by Gasteiger charge is -2.09. The molecule has 2 N–H and O–H groups in total. The Hall–Kier alpha value is -3.14. The molecule has 10 heteroatoms. The van der Waals surface area contributed by atoms with Gasteiger partial charge in [0.05, 0.1) is 5.75 Å². The zero-order valence-corrected chi connectivity index (χ0v) is 14.6. The lowest BCUT2D eigenvalue weighted by molar-refractivity contribution is -0.113. The van der Waals surface area contributed by atoms with E-state index >= 15 is 0 Å². The van der Waals surface area contributed by atoms with Crippen molar-refractivity contribution in [3.8, 4) is 5.75 Å². The van der Waals surface area contributed by atoms with Crippen LogP contribution in [-0.4, -0.2) is 41.6 Å². The fraction of sp³-hybridized carbons (Fsp3) is 0.188. The molecule has 2 aromatic heterocycles. The maximum Gasteiger partial charge on any atom is 0.237 e. The molecule has 0 aliphatic carbocycles. The largest absolute Gasteiger partial charge is 0.486 e. The second-order valence-corrected chi connectivity index (χ2v) is 6.01. The van der Waals surface area contributed by atoms with Crippen LogP contribution < -0.4 is 10.1 Å². The van der Waals surface area contributed by atoms with Crippen molar-refractivity contribution in [1.82, 2.24) is 29.9 Å². The number of para-hydroxylation sites is 1. The van der Waals surface area contributed by atoms with Gasteiger partial charge >= 0.3 is 0 Å². The highest BCUT2D eigenvalue weighted by Crippen LogP contribution is 2.19. The van der Waals surface area contributed by atoms with Crippen molar-refractivity contribution in [2.45, 2.75) is 18.3 Å². The van der Waals surface area contributed by atoms with Crippen LogP contribution in [0.2, 0.25) is 0 Å². The average Bonchev–Trinajstić information content (AvgIpc) is 3.30. The predicted octanol–water partition coefficient (Wildman–Crippen LogP) is 1.89. The number of anilines is 1. The average molecular weight is 371 g/mol. The summed E-state index contributed by atoms with van der Waals surface area (Å²) < 4.78 is 7.59. The van der Waals surface area contributed by atoms with E-state index in [-0.39, 0.29) is 18.3 Å². The van der Waals surface area contributed by atoms with Crippen LogP contribution in [0.3, 0.4) is 0 Å². The normalized spacial score (nSPS) is 10.5. The van der Waals surface area contributed by atoms with Crippen LogP contribution >= 0.6 is 11.8 Å². The summed E-state index contributed by atoms with van der Waals surface area (Å²) in [6, 6.07) is 9.47. The van der Waals surface area contributed by atoms with Crippen LogP contribution in [0.15, 0.2) is 54.5 Å². The number of aromatic amines is 1. The van der Waals surface area contributed by atoms with Crippen molar-refractivity contribution in [3.63, 3.8) is 0 Å². The first-order chi connectivity index (χ1) is 12.8. The van der Waals surface area contributed by atoms with Crippen LogP contribution in [0.5, 0.6) is 5.75 Å². The number of nitrogens with one attached hydrogen (secondary N) is 2. The quantitative estimate of drug-likeness (QED) is 0.436. The maximum atomic E-state index is 11.9. The van der Waals surface area contributed by atoms with Gasteiger partial charge < -0.3 is 4.74 Å². The molecule has 0 aliphatic rings. The van der Waals surface area contributed by atoms with Gasteiger partial charge in [-0.3, -0.25) is 14.7 Å². The van der Waals surface area contributed by atoms with Crippen molar-refractivity contribution < 1.29 is 9.53 Å². The van der Waals surface area contributed by atoms with Crippen molar-refractivity contribution in [2.75, 3.05) is 11.1 Å². The molecule has 134 valence electrons. The molecule has 0 saturated heterocycles. The van der Waals surface area contributed by atoms with Gasteiger partial charge in [-0.1, -0.05) is 36.0 Å². The number of ether oxygens (including phenoxy) is 1. The van der Waals surface area contributed by atoms with E-state index in [2.05, 4.69) is 37.3 Å². The molecule has 9 nitrogen and oxygen atoms in total. The maximum absolute atomic E-state index is 11.9. The number of hydrogen-bond acceptors (Lipinski definition) is 7. The molecule has 26 heavy (non-hydrogen) atoms. The molecule has 0 atom stereocenters. The van der Waals surface area contributed by atoms with Gasteiger partial charge in [0.1, 0.15) is 18.7 Å². The summed E-state index contributed by atoms with van der Waals surface area (Å²) in [4.78, 5) is 15.8. The smallest absolute Gasteiger partial charge is 0.237 e. The number of nitrogens with zero attached hydrogens (tertiary/aromatic N) is 5. The number of carbonyl (C=O) groups excluding carboxylic acids is 1. The second-order valence-electron chi connectivity index (χ2n) is 5.07. The third kappa shape index (κ3) is 4.70. The monoisotopic (exact) mass is 371 g/mol. The number of benzene rings is 1. The zero-order valence-electron chi connectivity index (χ0n) is 13.8. The van der Waals surface area contributed by atoms with E-state index in [1.807, 2.05) is 34.9 Å². The summed E-state index contributed by atoms with van der Waals surface area (Å²) in [6.07, 6.45) is 3.07. The highest BCUT2D eigenvalue weighted by atomic mass is 32.2. The van der Waals surface area contributed by atoms with E-state index in [1.165, 1.54) is 18.1 Å². The fourth-order valence-electron chi connectivity index (χ4n) is 2.07. The number of carbonyl (C=O) groups is 1. The Kier molecular flexibility index (Phi) is 5.99. The van der Waals surface area contributed by atoms with E-state index in [0.717, 1.165) is 5.75 Å². The van der Waals surface area contributed by atoms with E-state index in [1.54, 1.807) is 6.08 Å². The summed E-state index contributed by atoms with van der Waals surface area (Å²) in [5, 5.41) is 17.8. The highest BCUT2D eigenvalue weighted by molar-refractivity contribution is 7.99. The number of amides is 1. The predicted molar refractivity (Wildman–Crippen MR) is 96.7 cm³/mol. The summed E-state index contributed by atoms with van der Waals surface area (Å²) >= 11 is 1.27. The molecule has 0 radical (unpaired) electrons. The summed E-state index contributed by atoms with van der Waals surface area (Å²) in [7, 11) is 0. The number of H-pyrrole nitrogens is 1. The topological polar surface area (TPSA) is 111 Å². The second kappa shape index (κ2) is 8.81. The van der Waals surface area contributed by atoms with Gasteiger partial charge in [0.2, 0.25) is 11.9 Å². The molecule has 0 spiro atoms. The number of rotatable bonds is 9. The molecule has 0 bridgehead atoms. The summed E-state index contributed by atoms with van der Waals surface area (Å²) in [5.74, 6) is 1.66. The van der Waals surface area contributed by atoms with Gasteiger partial charge in [0, 0.05) is 6.54 Å². The fourth-order valence-corrected chi connectivity index (χ4v) is 2.84. The zero-order chi connectivity index (χ0) is 18.2. The van der Waals surface area contributed by atoms with Crippen LogP contribution in [0.1, 0.15) is 5.82 Å². The number of hydrogen-bond donors (Lipinski definition) is 2. The molecule has 3 rings (SSSR count). The van der Waals surface area contributed by atoms with Gasteiger partial charge in [-0.05, 0) is 12.1 Å². The van der Waals surface area contributed by atoms with E-state index < -0.39 is 0 Å². The third-order valence-corrected chi connectivity index (χ3v) is 4.19. The van der Waals surface area contributed by atoms with Gasteiger partial charge in [0.15, 0.2) is 11.0 Å². The van der Waals surface area contributed by atoms with Gasteiger partial charge in [-0.2, -0.15) is 10.1 Å². The highest BCUT2D eigenvalue weighted by Gasteiger charge is 2.14. The molecular weight excluding hydrogens is 354 g/mol. The van der Waals surface area contributed by atoms with Crippen molar-refractivity contribution in [2.24, 2.45) is 0 Å². The molecule has 3 aromatic rings. The Morgan fingerprint density at radius 2 is 2.19 bits per heavy atom. The lowest BCUT2D eigenvalue weighted by atomic mass is 10.3. The van der Waals surface area contributed by atoms with Gasteiger partial charge in [-0.25, -0.2) is 5.10 Å². The first kappa shape index (κ1) is 17.7. The SMILES string of the molecule is C=CCn1c(COc2ccccc2)nnc1SCC(=O)Nc1ncn[nH]1. The molecule has 1 aromatic carbocycles. The number of allylic oxidation sites excluding steroid dienone is 1. The van der Waals surface area contributed by atoms with Crippen LogP contribution in [0.4, 0.5) is 5.95 Å². The van der Waals surface area contributed by atoms with Crippen molar-refractivity contribution in [1.29, 1.82) is 0 Å². The first-order valence-electron chi connectivity index (χ1n) is 7.75. The third-order valence-electron chi connectivity index (χ3n) is 3.22. The van der Waals surface area contributed by atoms with Crippen LogP contribution in [0.25, 0.3) is 0 Å². The standard InChI is InChI=1S/C16H17N7O2S/c1-2-8-23-13(9-25-12-6-4-3-5-7-12)20-22-16(23)26-10-14(24)19-15-17-11-18-21-15/h2-7,11H,1,8-10H2,(H2,17,18,19,21,24). The van der Waals surface area contributed by atoms with Crippen LogP contribution in [0, 0.1) is 0 Å². The van der Waals surface area contributed by atoms with E-state index in [0.29, 0.717) is 23.5 Å². The Labute approximate surface area is 153 Å². The number of aromatic nitrogens is 6. The molecule has 0 fully saturated rings. The molecule has 2 heterocycles. The van der Waals surface area contributed by atoms with Gasteiger partial charge in [0.25, 0.3) is 0 Å². The number of thioether (sulfide) groups is 1. The molecular formula is C16H17N7O2S. The minimum atomic E-state index is -0.220. The van der Waals surface area contributed by atoms with Crippen molar-refractivity contribution >= 4 is 23.6 Å². The summed E-state index contributed by atoms with van der Waals surface area (Å²) in [6.45, 7) is 4.55. The Morgan fingerprint density at radius 1 is 1.35 bits per heavy atom. The minimum absolute atomic E-state index is 0.162. The summed E-state index contributed by atoms with van der Waals surface area (Å²) in [5.41, 5.74) is 0. The molecule has 0 saturated carbocycles. The van der Waals surface area contributed by atoms with E-state index in [4.69, 9.17) is 4.74 Å². The van der Waals surface area contributed by atoms with Crippen LogP contribution in [-0.2, 0) is 17.9 Å². The minimum Gasteiger partial charge on any atom is -0.486 e. The lowest BCUT2D eigenvalue weighted by Crippen LogP contribution is -2.16. The molecule has 0 aliphatic heterocycles. The molecule has 0 unspecified atom stereocenters. The Bertz CT molecular complexity index is 849. The Balaban J connectivity index is 1.60.